The number of para-hydroxylation sites is 1. The highest BCUT2D eigenvalue weighted by molar-refractivity contribution is 5.33. The van der Waals surface area contributed by atoms with Crippen molar-refractivity contribution in [2.24, 2.45) is 0 Å². The average molecular weight is 362 g/mol. The van der Waals surface area contributed by atoms with Gasteiger partial charge in [-0.3, -0.25) is 0 Å². The lowest BCUT2D eigenvalue weighted by Gasteiger charge is -2.31. The Balaban J connectivity index is 1.82. The molecule has 0 aliphatic heterocycles. The van der Waals surface area contributed by atoms with Crippen LogP contribution in [0.4, 0.5) is 0 Å². The van der Waals surface area contributed by atoms with E-state index < -0.39 is 0 Å². The molecular weight excluding hydrogens is 336 g/mol. The van der Waals surface area contributed by atoms with Crippen molar-refractivity contribution in [2.45, 2.75) is 31.6 Å². The molecule has 3 rings (SSSR count). The molecule has 0 bridgehead atoms. The second kappa shape index (κ2) is 8.17. The number of aromatic hydroxyl groups is 2. The van der Waals surface area contributed by atoms with E-state index in [0.717, 1.165) is 17.7 Å². The predicted molar refractivity (Wildman–Crippen MR) is 109 cm³/mol. The lowest BCUT2D eigenvalue weighted by Crippen LogP contribution is -2.24. The highest BCUT2D eigenvalue weighted by atomic mass is 16.5. The van der Waals surface area contributed by atoms with Crippen molar-refractivity contribution in [3.63, 3.8) is 0 Å². The molecular formula is C24H26O3. The van der Waals surface area contributed by atoms with Gasteiger partial charge in [0.1, 0.15) is 17.2 Å². The molecule has 3 aromatic carbocycles. The molecule has 0 aromatic heterocycles. The largest absolute Gasteiger partial charge is 0.508 e. The first kappa shape index (κ1) is 18.8. The quantitative estimate of drug-likeness (QED) is 0.573. The molecule has 0 spiro atoms. The molecule has 0 saturated carbocycles. The summed E-state index contributed by atoms with van der Waals surface area (Å²) in [5.74, 6) is 1.55. The normalized spacial score (nSPS) is 12.5. The second-order valence-electron chi connectivity index (χ2n) is 7.55. The minimum atomic E-state index is -0.101. The molecule has 1 atom stereocenters. The van der Waals surface area contributed by atoms with Crippen LogP contribution in [0.1, 0.15) is 37.3 Å². The summed E-state index contributed by atoms with van der Waals surface area (Å²) in [6.07, 6.45) is 0.870. The van der Waals surface area contributed by atoms with Crippen LogP contribution in [0.25, 0.3) is 0 Å². The zero-order chi connectivity index (χ0) is 19.3. The van der Waals surface area contributed by atoms with Crippen molar-refractivity contribution in [3.05, 3.63) is 90.0 Å². The van der Waals surface area contributed by atoms with Crippen molar-refractivity contribution < 1.29 is 14.9 Å². The zero-order valence-corrected chi connectivity index (χ0v) is 15.8. The molecule has 0 saturated heterocycles. The summed E-state index contributed by atoms with van der Waals surface area (Å²) < 4.78 is 6.05. The summed E-state index contributed by atoms with van der Waals surface area (Å²) in [5, 5.41) is 19.2. The molecule has 27 heavy (non-hydrogen) atoms. The Kier molecular flexibility index (Phi) is 5.70. The van der Waals surface area contributed by atoms with Crippen molar-refractivity contribution >= 4 is 0 Å². The number of hydrogen-bond acceptors (Lipinski definition) is 3. The monoisotopic (exact) mass is 362 g/mol. The highest BCUT2D eigenvalue weighted by Gasteiger charge is 2.27. The summed E-state index contributed by atoms with van der Waals surface area (Å²) in [6, 6.07) is 24.6. The molecule has 1 unspecified atom stereocenters. The number of phenols is 2. The summed E-state index contributed by atoms with van der Waals surface area (Å²) >= 11 is 0. The van der Waals surface area contributed by atoms with E-state index in [-0.39, 0.29) is 22.8 Å². The summed E-state index contributed by atoms with van der Waals surface area (Å²) in [4.78, 5) is 0. The molecule has 0 fully saturated rings. The average Bonchev–Trinajstić information content (AvgIpc) is 2.67. The fourth-order valence-electron chi connectivity index (χ4n) is 3.38. The van der Waals surface area contributed by atoms with Gasteiger partial charge in [-0.1, -0.05) is 56.3 Å². The van der Waals surface area contributed by atoms with Gasteiger partial charge in [0.05, 0.1) is 6.61 Å². The van der Waals surface area contributed by atoms with Crippen molar-refractivity contribution in [1.82, 2.24) is 0 Å². The standard InChI is InChI=1S/C24H26O3/c1-24(2,20-10-14-22(26)15-11-20)16-19(18-8-12-21(25)13-9-18)17-27-23-6-4-3-5-7-23/h3-15,19,25-26H,16-17H2,1-2H3. The third-order valence-electron chi connectivity index (χ3n) is 4.96. The summed E-state index contributed by atoms with van der Waals surface area (Å²) in [7, 11) is 0. The summed E-state index contributed by atoms with van der Waals surface area (Å²) in [5.41, 5.74) is 2.20. The number of phenolic OH excluding ortho intramolecular Hbond substituents is 2. The van der Waals surface area contributed by atoms with E-state index in [0.29, 0.717) is 6.61 Å². The van der Waals surface area contributed by atoms with Crippen LogP contribution in [0.5, 0.6) is 17.2 Å². The van der Waals surface area contributed by atoms with Gasteiger partial charge in [-0.25, -0.2) is 0 Å². The van der Waals surface area contributed by atoms with Crippen molar-refractivity contribution in [2.75, 3.05) is 6.61 Å². The Morgan fingerprint density at radius 3 is 1.93 bits per heavy atom. The van der Waals surface area contributed by atoms with E-state index in [9.17, 15) is 10.2 Å². The fourth-order valence-corrected chi connectivity index (χ4v) is 3.38. The first-order valence-corrected chi connectivity index (χ1v) is 9.20. The lowest BCUT2D eigenvalue weighted by molar-refractivity contribution is 0.260. The topological polar surface area (TPSA) is 49.7 Å². The van der Waals surface area contributed by atoms with Crippen LogP contribution in [0.2, 0.25) is 0 Å². The van der Waals surface area contributed by atoms with Gasteiger partial charge in [0.15, 0.2) is 0 Å². The van der Waals surface area contributed by atoms with Gasteiger partial charge in [0, 0.05) is 5.92 Å². The van der Waals surface area contributed by atoms with Crippen LogP contribution in [0.15, 0.2) is 78.9 Å². The van der Waals surface area contributed by atoms with Gasteiger partial charge in [-0.15, -0.1) is 0 Å². The third kappa shape index (κ3) is 5.04. The smallest absolute Gasteiger partial charge is 0.119 e. The SMILES string of the molecule is CC(C)(CC(COc1ccccc1)c1ccc(O)cc1)c1ccc(O)cc1. The van der Waals surface area contributed by atoms with Gasteiger partial charge in [-0.2, -0.15) is 0 Å². The van der Waals surface area contributed by atoms with Crippen LogP contribution in [-0.4, -0.2) is 16.8 Å². The third-order valence-corrected chi connectivity index (χ3v) is 4.96. The van der Waals surface area contributed by atoms with Crippen molar-refractivity contribution in [1.29, 1.82) is 0 Å². The number of ether oxygens (including phenoxy) is 1. The summed E-state index contributed by atoms with van der Waals surface area (Å²) in [6.45, 7) is 4.96. The Bertz CT molecular complexity index is 837. The van der Waals surface area contributed by atoms with Crippen LogP contribution >= 0.6 is 0 Å². The molecule has 0 aliphatic carbocycles. The Labute approximate surface area is 160 Å². The number of benzene rings is 3. The molecule has 0 amide bonds. The van der Waals surface area contributed by atoms with Gasteiger partial charge in [0.2, 0.25) is 0 Å². The first-order valence-electron chi connectivity index (χ1n) is 9.20. The van der Waals surface area contributed by atoms with Crippen molar-refractivity contribution in [3.8, 4) is 17.2 Å². The molecule has 3 aromatic rings. The van der Waals surface area contributed by atoms with E-state index in [4.69, 9.17) is 4.74 Å². The molecule has 0 heterocycles. The van der Waals surface area contributed by atoms with Crippen LogP contribution in [0, 0.1) is 0 Å². The molecule has 140 valence electrons. The Morgan fingerprint density at radius 2 is 1.33 bits per heavy atom. The Hall–Kier alpha value is -2.94. The Morgan fingerprint density at radius 1 is 0.778 bits per heavy atom. The van der Waals surface area contributed by atoms with Crippen LogP contribution < -0.4 is 4.74 Å². The maximum atomic E-state index is 9.63. The second-order valence-corrected chi connectivity index (χ2v) is 7.55. The maximum Gasteiger partial charge on any atom is 0.119 e. The van der Waals surface area contributed by atoms with Gasteiger partial charge < -0.3 is 14.9 Å². The van der Waals surface area contributed by atoms with E-state index in [1.54, 1.807) is 24.3 Å². The molecule has 0 radical (unpaired) electrons. The fraction of sp³-hybridized carbons (Fsp3) is 0.250. The van der Waals surface area contributed by atoms with E-state index in [1.165, 1.54) is 5.56 Å². The van der Waals surface area contributed by atoms with E-state index in [1.807, 2.05) is 54.6 Å². The van der Waals surface area contributed by atoms with E-state index >= 15 is 0 Å². The van der Waals surface area contributed by atoms with Gasteiger partial charge in [0.25, 0.3) is 0 Å². The molecule has 3 heteroatoms. The maximum absolute atomic E-state index is 9.63. The molecule has 3 nitrogen and oxygen atoms in total. The minimum Gasteiger partial charge on any atom is -0.508 e. The van der Waals surface area contributed by atoms with Gasteiger partial charge >= 0.3 is 0 Å². The molecule has 2 N–H and O–H groups in total. The van der Waals surface area contributed by atoms with Crippen LogP contribution in [-0.2, 0) is 5.41 Å². The van der Waals surface area contributed by atoms with Crippen LogP contribution in [0.3, 0.4) is 0 Å². The highest BCUT2D eigenvalue weighted by Crippen LogP contribution is 2.36. The first-order chi connectivity index (χ1) is 12.9. The molecule has 0 aliphatic rings. The number of hydrogen-bond donors (Lipinski definition) is 2. The van der Waals surface area contributed by atoms with E-state index in [2.05, 4.69) is 13.8 Å². The lowest BCUT2D eigenvalue weighted by atomic mass is 9.75. The predicted octanol–water partition coefficient (Wildman–Crippen LogP) is 5.63. The minimum absolute atomic E-state index is 0.101. The van der Waals surface area contributed by atoms with Gasteiger partial charge in [-0.05, 0) is 59.4 Å². The zero-order valence-electron chi connectivity index (χ0n) is 15.8. The number of rotatable bonds is 7.